The van der Waals surface area contributed by atoms with E-state index in [4.69, 9.17) is 12.2 Å². The number of carbonyl (C=O) groups is 1. The average Bonchev–Trinajstić information content (AvgIpc) is 2.99. The number of nitrogens with one attached hydrogen (secondary N) is 1. The summed E-state index contributed by atoms with van der Waals surface area (Å²) in [5.74, 6) is 0.251. The summed E-state index contributed by atoms with van der Waals surface area (Å²) in [6.45, 7) is 2.93. The van der Waals surface area contributed by atoms with Crippen LogP contribution in [0.1, 0.15) is 18.1 Å². The molecule has 4 rings (SSSR count). The maximum absolute atomic E-state index is 13.0. The van der Waals surface area contributed by atoms with Gasteiger partial charge in [-0.05, 0) is 30.7 Å². The highest BCUT2D eigenvalue weighted by Gasteiger charge is 2.32. The van der Waals surface area contributed by atoms with Crippen molar-refractivity contribution in [1.29, 1.82) is 0 Å². The summed E-state index contributed by atoms with van der Waals surface area (Å²) in [7, 11) is 0. The monoisotopic (exact) mass is 422 g/mol. The normalized spacial score (nSPS) is 15.5. The molecule has 8 heteroatoms. The molecule has 29 heavy (non-hydrogen) atoms. The highest BCUT2D eigenvalue weighted by molar-refractivity contribution is 8.26. The van der Waals surface area contributed by atoms with Crippen LogP contribution in [-0.4, -0.2) is 31.1 Å². The Morgan fingerprint density at radius 3 is 2.66 bits per heavy atom. The van der Waals surface area contributed by atoms with Gasteiger partial charge in [0.05, 0.1) is 17.0 Å². The summed E-state index contributed by atoms with van der Waals surface area (Å²) in [4.78, 5) is 32.5. The van der Waals surface area contributed by atoms with E-state index >= 15 is 0 Å². The predicted octanol–water partition coefficient (Wildman–Crippen LogP) is 3.53. The van der Waals surface area contributed by atoms with Gasteiger partial charge in [0.2, 0.25) is 0 Å². The van der Waals surface area contributed by atoms with Gasteiger partial charge >= 0.3 is 0 Å². The lowest BCUT2D eigenvalue weighted by Crippen LogP contribution is -2.27. The quantitative estimate of drug-likeness (QED) is 0.501. The minimum atomic E-state index is -0.236. The van der Waals surface area contributed by atoms with E-state index in [0.29, 0.717) is 39.3 Å². The molecule has 0 spiro atoms. The van der Waals surface area contributed by atoms with E-state index in [1.807, 2.05) is 43.3 Å². The first-order valence-electron chi connectivity index (χ1n) is 9.13. The zero-order valence-corrected chi connectivity index (χ0v) is 17.3. The number of rotatable bonds is 5. The second kappa shape index (κ2) is 8.18. The number of pyridine rings is 1. The number of nitrogens with zero attached hydrogens (tertiary/aromatic N) is 3. The fourth-order valence-electron chi connectivity index (χ4n) is 3.07. The maximum atomic E-state index is 13.0. The van der Waals surface area contributed by atoms with E-state index in [1.165, 1.54) is 16.2 Å². The van der Waals surface area contributed by atoms with E-state index in [0.717, 1.165) is 5.56 Å². The number of fused-ring (bicyclic) bond motifs is 1. The van der Waals surface area contributed by atoms with Gasteiger partial charge < -0.3 is 5.32 Å². The van der Waals surface area contributed by atoms with Crippen LogP contribution in [0.4, 0.5) is 5.82 Å². The third-order valence-corrected chi connectivity index (χ3v) is 5.82. The number of hydrogen-bond donors (Lipinski definition) is 1. The molecular formula is C21H18N4O2S2. The Balaban J connectivity index is 1.74. The number of thiocarbonyl (C=S) groups is 1. The van der Waals surface area contributed by atoms with Crippen LogP contribution in [0.25, 0.3) is 11.7 Å². The predicted molar refractivity (Wildman–Crippen MR) is 121 cm³/mol. The Kier molecular flexibility index (Phi) is 5.46. The fourth-order valence-corrected chi connectivity index (χ4v) is 4.31. The van der Waals surface area contributed by atoms with Crippen LogP contribution >= 0.6 is 24.0 Å². The highest BCUT2D eigenvalue weighted by atomic mass is 32.2. The molecule has 146 valence electrons. The SMILES string of the molecule is CCNc1nc2ccccn2c(=O)c1C=C1SC(=S)N(Cc2ccccc2)C1=O. The van der Waals surface area contributed by atoms with Crippen molar-refractivity contribution in [3.05, 3.63) is 81.1 Å². The molecule has 1 amide bonds. The standard InChI is InChI=1S/C21H18N4O2S2/c1-2-22-18-15(19(26)24-11-7-6-10-17(24)23-18)12-16-20(27)25(21(28)29-16)13-14-8-4-3-5-9-14/h3-12,22H,2,13H2,1H3. The zero-order chi connectivity index (χ0) is 20.4. The third-order valence-electron chi connectivity index (χ3n) is 4.45. The van der Waals surface area contributed by atoms with Gasteiger partial charge in [0.1, 0.15) is 15.8 Å². The summed E-state index contributed by atoms with van der Waals surface area (Å²) in [5, 5.41) is 3.12. The van der Waals surface area contributed by atoms with Gasteiger partial charge in [-0.25, -0.2) is 4.98 Å². The first-order chi connectivity index (χ1) is 14.1. The summed E-state index contributed by atoms with van der Waals surface area (Å²) in [5.41, 5.74) is 1.64. The average molecular weight is 423 g/mol. The molecule has 1 saturated heterocycles. The van der Waals surface area contributed by atoms with Crippen molar-refractivity contribution in [2.24, 2.45) is 0 Å². The lowest BCUT2D eigenvalue weighted by Gasteiger charge is -2.14. The zero-order valence-electron chi connectivity index (χ0n) is 15.7. The maximum Gasteiger partial charge on any atom is 0.267 e. The minimum absolute atomic E-state index is 0.205. The van der Waals surface area contributed by atoms with Crippen molar-refractivity contribution in [2.45, 2.75) is 13.5 Å². The Bertz CT molecular complexity index is 1190. The van der Waals surface area contributed by atoms with E-state index in [2.05, 4.69) is 10.3 Å². The number of benzene rings is 1. The molecule has 0 saturated carbocycles. The van der Waals surface area contributed by atoms with Crippen molar-refractivity contribution in [3.63, 3.8) is 0 Å². The van der Waals surface area contributed by atoms with Crippen molar-refractivity contribution in [1.82, 2.24) is 14.3 Å². The van der Waals surface area contributed by atoms with Gasteiger partial charge in [0.15, 0.2) is 0 Å². The van der Waals surface area contributed by atoms with E-state index < -0.39 is 0 Å². The van der Waals surface area contributed by atoms with Crippen molar-refractivity contribution in [2.75, 3.05) is 11.9 Å². The molecule has 0 atom stereocenters. The second-order valence-corrected chi connectivity index (χ2v) is 8.07. The number of hydrogen-bond acceptors (Lipinski definition) is 6. The molecule has 0 aliphatic carbocycles. The number of thioether (sulfide) groups is 1. The van der Waals surface area contributed by atoms with Crippen LogP contribution in [0.15, 0.2) is 64.4 Å². The molecule has 3 aromatic rings. The smallest absolute Gasteiger partial charge is 0.267 e. The number of aromatic nitrogens is 2. The minimum Gasteiger partial charge on any atom is -0.370 e. The van der Waals surface area contributed by atoms with Gasteiger partial charge in [-0.15, -0.1) is 0 Å². The molecule has 6 nitrogen and oxygen atoms in total. The molecule has 1 N–H and O–H groups in total. The molecule has 0 unspecified atom stereocenters. The number of anilines is 1. The molecular weight excluding hydrogens is 404 g/mol. The van der Waals surface area contributed by atoms with Gasteiger partial charge in [-0.3, -0.25) is 18.9 Å². The molecule has 3 heterocycles. The first-order valence-corrected chi connectivity index (χ1v) is 10.4. The Hall–Kier alpha value is -2.97. The Labute approximate surface area is 177 Å². The molecule has 2 aromatic heterocycles. The fraction of sp³-hybridized carbons (Fsp3) is 0.143. The van der Waals surface area contributed by atoms with E-state index in [1.54, 1.807) is 29.3 Å². The molecule has 1 aliphatic rings. The van der Waals surface area contributed by atoms with Gasteiger partial charge in [0, 0.05) is 12.7 Å². The summed E-state index contributed by atoms with van der Waals surface area (Å²) < 4.78 is 1.95. The van der Waals surface area contributed by atoms with Crippen LogP contribution in [0.3, 0.4) is 0 Å². The van der Waals surface area contributed by atoms with Crippen molar-refractivity contribution in [3.8, 4) is 0 Å². The van der Waals surface area contributed by atoms with Crippen LogP contribution in [-0.2, 0) is 11.3 Å². The van der Waals surface area contributed by atoms with Crippen molar-refractivity contribution >= 4 is 51.7 Å². The van der Waals surface area contributed by atoms with Crippen LogP contribution in [0.5, 0.6) is 0 Å². The van der Waals surface area contributed by atoms with E-state index in [9.17, 15) is 9.59 Å². The summed E-state index contributed by atoms with van der Waals surface area (Å²) in [6.07, 6.45) is 3.26. The third kappa shape index (κ3) is 3.81. The molecule has 1 aliphatic heterocycles. The van der Waals surface area contributed by atoms with E-state index in [-0.39, 0.29) is 11.5 Å². The first kappa shape index (κ1) is 19.4. The number of carbonyl (C=O) groups excluding carboxylic acids is 1. The van der Waals surface area contributed by atoms with Crippen LogP contribution < -0.4 is 10.9 Å². The largest absolute Gasteiger partial charge is 0.370 e. The summed E-state index contributed by atoms with van der Waals surface area (Å²) >= 11 is 6.62. The van der Waals surface area contributed by atoms with Crippen LogP contribution in [0.2, 0.25) is 0 Å². The lowest BCUT2D eigenvalue weighted by molar-refractivity contribution is -0.122. The second-order valence-electron chi connectivity index (χ2n) is 6.39. The molecule has 1 fully saturated rings. The van der Waals surface area contributed by atoms with Crippen LogP contribution in [0, 0.1) is 0 Å². The Morgan fingerprint density at radius 1 is 1.14 bits per heavy atom. The van der Waals surface area contributed by atoms with Crippen molar-refractivity contribution < 1.29 is 4.79 Å². The molecule has 1 aromatic carbocycles. The molecule has 0 bridgehead atoms. The summed E-state index contributed by atoms with van der Waals surface area (Å²) in [6, 6.07) is 15.0. The molecule has 0 radical (unpaired) electrons. The lowest BCUT2D eigenvalue weighted by atomic mass is 10.2. The van der Waals surface area contributed by atoms with Gasteiger partial charge in [-0.2, -0.15) is 0 Å². The Morgan fingerprint density at radius 2 is 1.90 bits per heavy atom. The highest BCUT2D eigenvalue weighted by Crippen LogP contribution is 2.34. The topological polar surface area (TPSA) is 66.7 Å². The number of amides is 1. The van der Waals surface area contributed by atoms with Gasteiger partial charge in [0.25, 0.3) is 11.5 Å². The van der Waals surface area contributed by atoms with Gasteiger partial charge in [-0.1, -0.05) is 60.4 Å².